The van der Waals surface area contributed by atoms with E-state index in [1.54, 1.807) is 0 Å². The number of nitrogens with one attached hydrogen (secondary N) is 1. The molecule has 1 fully saturated rings. The highest BCUT2D eigenvalue weighted by Gasteiger charge is 2.41. The number of carbonyl (C=O) groups excluding carboxylic acids is 3. The third-order valence-electron chi connectivity index (χ3n) is 7.23. The van der Waals surface area contributed by atoms with E-state index in [-0.39, 0.29) is 23.3 Å². The fourth-order valence-electron chi connectivity index (χ4n) is 4.98. The van der Waals surface area contributed by atoms with Gasteiger partial charge in [0.15, 0.2) is 5.69 Å². The molecule has 1 N–H and O–H groups in total. The molecule has 202 valence electrons. The van der Waals surface area contributed by atoms with Gasteiger partial charge in [-0.15, -0.1) is 5.10 Å². The van der Waals surface area contributed by atoms with Gasteiger partial charge >= 0.3 is 11.9 Å². The zero-order valence-electron chi connectivity index (χ0n) is 22.2. The van der Waals surface area contributed by atoms with Crippen molar-refractivity contribution in [2.24, 2.45) is 5.92 Å². The Kier molecular flexibility index (Phi) is 8.67. The van der Waals surface area contributed by atoms with E-state index in [0.717, 1.165) is 36.0 Å². The number of likely N-dealkylation sites (tertiary alicyclic amines) is 1. The average molecular weight is 523 g/mol. The number of methoxy groups -OCH3 is 2. The SMILES string of the molecule is CCC(CC)CN1C[C@@H](n2nnc(C(=O)OC)c2C(=O)OC)C[C@H]1C(=O)NCc1ccc2ccccc2n1. The number of esters is 2. The van der Waals surface area contributed by atoms with Crippen LogP contribution in [0.2, 0.25) is 0 Å². The van der Waals surface area contributed by atoms with E-state index in [1.807, 2.05) is 36.4 Å². The molecule has 1 aliphatic heterocycles. The number of hydrogen-bond donors (Lipinski definition) is 1. The van der Waals surface area contributed by atoms with Gasteiger partial charge in [0.1, 0.15) is 0 Å². The first-order valence-electron chi connectivity index (χ1n) is 12.9. The Morgan fingerprint density at radius 2 is 1.79 bits per heavy atom. The molecular formula is C27H34N6O5. The van der Waals surface area contributed by atoms with Crippen molar-refractivity contribution in [3.8, 4) is 0 Å². The topological polar surface area (TPSA) is 129 Å². The summed E-state index contributed by atoms with van der Waals surface area (Å²) in [4.78, 5) is 45.1. The lowest BCUT2D eigenvalue weighted by Gasteiger charge is -2.27. The van der Waals surface area contributed by atoms with Gasteiger partial charge in [0.2, 0.25) is 11.6 Å². The monoisotopic (exact) mass is 522 g/mol. The van der Waals surface area contributed by atoms with Crippen LogP contribution < -0.4 is 5.32 Å². The average Bonchev–Trinajstić information content (AvgIpc) is 3.58. The molecule has 1 aliphatic rings. The third-order valence-corrected chi connectivity index (χ3v) is 7.23. The fraction of sp³-hybridized carbons (Fsp3) is 0.481. The van der Waals surface area contributed by atoms with Crippen LogP contribution in [0, 0.1) is 5.92 Å². The van der Waals surface area contributed by atoms with E-state index in [1.165, 1.54) is 18.9 Å². The minimum atomic E-state index is -0.777. The number of aromatic nitrogens is 4. The number of hydrogen-bond acceptors (Lipinski definition) is 9. The highest BCUT2D eigenvalue weighted by Crippen LogP contribution is 2.31. The molecule has 0 spiro atoms. The van der Waals surface area contributed by atoms with E-state index >= 15 is 0 Å². The van der Waals surface area contributed by atoms with Gasteiger partial charge in [-0.3, -0.25) is 14.7 Å². The van der Waals surface area contributed by atoms with E-state index < -0.39 is 18.0 Å². The molecule has 11 nitrogen and oxygen atoms in total. The number of benzene rings is 1. The van der Waals surface area contributed by atoms with Crippen molar-refractivity contribution >= 4 is 28.7 Å². The molecule has 0 aliphatic carbocycles. The van der Waals surface area contributed by atoms with Gasteiger partial charge in [0.05, 0.1) is 44.1 Å². The maximum absolute atomic E-state index is 13.5. The summed E-state index contributed by atoms with van der Waals surface area (Å²) >= 11 is 0. The predicted molar refractivity (Wildman–Crippen MR) is 139 cm³/mol. The molecule has 0 saturated carbocycles. The van der Waals surface area contributed by atoms with Crippen LogP contribution in [0.1, 0.15) is 65.8 Å². The summed E-state index contributed by atoms with van der Waals surface area (Å²) in [6.07, 6.45) is 2.36. The lowest BCUT2D eigenvalue weighted by atomic mass is 10.0. The summed E-state index contributed by atoms with van der Waals surface area (Å²) in [6.45, 7) is 5.76. The smallest absolute Gasteiger partial charge is 0.361 e. The Bertz CT molecular complexity index is 1300. The highest BCUT2D eigenvalue weighted by atomic mass is 16.5. The zero-order chi connectivity index (χ0) is 27.2. The van der Waals surface area contributed by atoms with Crippen LogP contribution in [0.25, 0.3) is 10.9 Å². The number of fused-ring (bicyclic) bond motifs is 1. The minimum Gasteiger partial charge on any atom is -0.464 e. The molecule has 0 bridgehead atoms. The molecule has 1 amide bonds. The molecular weight excluding hydrogens is 488 g/mol. The lowest BCUT2D eigenvalue weighted by molar-refractivity contribution is -0.125. The number of rotatable bonds is 10. The number of amides is 1. The first-order valence-corrected chi connectivity index (χ1v) is 12.9. The molecule has 0 radical (unpaired) electrons. The minimum absolute atomic E-state index is 0.0757. The molecule has 2 atom stereocenters. The first-order chi connectivity index (χ1) is 18.4. The summed E-state index contributed by atoms with van der Waals surface area (Å²) in [5.41, 5.74) is 1.36. The standard InChI is InChI=1S/C27H34N6O5/c1-5-17(6-2)15-32-16-20(33-24(27(36)38-4)23(30-31-33)26(35)37-3)13-22(32)25(34)28-14-19-12-11-18-9-7-8-10-21(18)29-19/h7-12,17,20,22H,5-6,13-16H2,1-4H3,(H,28,34)/t20-,22-/m0/s1. The van der Waals surface area contributed by atoms with Gasteiger partial charge in [-0.2, -0.15) is 0 Å². The quantitative estimate of drug-likeness (QED) is 0.400. The first kappa shape index (κ1) is 27.2. The fourth-order valence-corrected chi connectivity index (χ4v) is 4.98. The van der Waals surface area contributed by atoms with Crippen LogP contribution in [0.15, 0.2) is 36.4 Å². The van der Waals surface area contributed by atoms with Crippen molar-refractivity contribution in [3.63, 3.8) is 0 Å². The zero-order valence-corrected chi connectivity index (χ0v) is 22.2. The second-order valence-electron chi connectivity index (χ2n) is 9.47. The normalized spacial score (nSPS) is 17.6. The van der Waals surface area contributed by atoms with Gasteiger partial charge in [-0.05, 0) is 24.5 Å². The highest BCUT2D eigenvalue weighted by molar-refractivity contribution is 6.00. The van der Waals surface area contributed by atoms with E-state index in [0.29, 0.717) is 25.4 Å². The van der Waals surface area contributed by atoms with Crippen LogP contribution >= 0.6 is 0 Å². The number of carbonyl (C=O) groups is 3. The second kappa shape index (κ2) is 12.1. The van der Waals surface area contributed by atoms with Gasteiger partial charge in [0, 0.05) is 18.5 Å². The molecule has 1 saturated heterocycles. The van der Waals surface area contributed by atoms with E-state index in [9.17, 15) is 14.4 Å². The van der Waals surface area contributed by atoms with Crippen LogP contribution in [0.4, 0.5) is 0 Å². The molecule has 11 heteroatoms. The number of nitrogens with zero attached hydrogens (tertiary/aromatic N) is 5. The van der Waals surface area contributed by atoms with Crippen molar-refractivity contribution in [1.82, 2.24) is 30.2 Å². The van der Waals surface area contributed by atoms with Crippen molar-refractivity contribution in [2.45, 2.75) is 51.7 Å². The van der Waals surface area contributed by atoms with Crippen LogP contribution in [-0.2, 0) is 20.8 Å². The lowest BCUT2D eigenvalue weighted by Crippen LogP contribution is -2.44. The summed E-state index contributed by atoms with van der Waals surface area (Å²) in [7, 11) is 2.44. The number of ether oxygens (including phenoxy) is 2. The summed E-state index contributed by atoms with van der Waals surface area (Å²) in [5, 5.41) is 12.1. The number of para-hydroxylation sites is 1. The van der Waals surface area contributed by atoms with Crippen LogP contribution in [0.5, 0.6) is 0 Å². The van der Waals surface area contributed by atoms with E-state index in [4.69, 9.17) is 9.47 Å². The van der Waals surface area contributed by atoms with Crippen molar-refractivity contribution in [1.29, 1.82) is 0 Å². The van der Waals surface area contributed by atoms with Gasteiger partial charge in [-0.1, -0.05) is 56.2 Å². The van der Waals surface area contributed by atoms with Gasteiger partial charge in [0.25, 0.3) is 0 Å². The van der Waals surface area contributed by atoms with Gasteiger partial charge < -0.3 is 14.8 Å². The molecule has 38 heavy (non-hydrogen) atoms. The summed E-state index contributed by atoms with van der Waals surface area (Å²) in [5.74, 6) is -1.23. The maximum Gasteiger partial charge on any atom is 0.361 e. The molecule has 2 aromatic heterocycles. The largest absolute Gasteiger partial charge is 0.464 e. The summed E-state index contributed by atoms with van der Waals surface area (Å²) in [6, 6.07) is 10.9. The molecule has 3 aromatic rings. The van der Waals surface area contributed by atoms with Crippen molar-refractivity contribution < 1.29 is 23.9 Å². The molecule has 1 aromatic carbocycles. The maximum atomic E-state index is 13.5. The molecule has 3 heterocycles. The Balaban J connectivity index is 1.56. The molecule has 4 rings (SSSR count). The summed E-state index contributed by atoms with van der Waals surface area (Å²) < 4.78 is 11.1. The Morgan fingerprint density at radius 3 is 2.50 bits per heavy atom. The van der Waals surface area contributed by atoms with E-state index in [2.05, 4.69) is 39.4 Å². The van der Waals surface area contributed by atoms with Crippen molar-refractivity contribution in [3.05, 3.63) is 53.5 Å². The Hall–Kier alpha value is -3.86. The predicted octanol–water partition coefficient (Wildman–Crippen LogP) is 2.77. The van der Waals surface area contributed by atoms with Gasteiger partial charge in [-0.25, -0.2) is 14.3 Å². The Morgan fingerprint density at radius 1 is 1.05 bits per heavy atom. The Labute approximate surface area is 221 Å². The third kappa shape index (κ3) is 5.67. The van der Waals surface area contributed by atoms with Crippen molar-refractivity contribution in [2.75, 3.05) is 27.3 Å². The van der Waals surface area contributed by atoms with Crippen LogP contribution in [0.3, 0.4) is 0 Å². The number of pyridine rings is 1. The molecule has 0 unspecified atom stereocenters. The second-order valence-corrected chi connectivity index (χ2v) is 9.47. The van der Waals surface area contributed by atoms with Crippen LogP contribution in [-0.4, -0.2) is 76.1 Å².